The lowest BCUT2D eigenvalue weighted by Gasteiger charge is -2.06. The first-order chi connectivity index (χ1) is 13.6. The molecule has 7 nitrogen and oxygen atoms in total. The Morgan fingerprint density at radius 3 is 2.64 bits per heavy atom. The molecule has 3 aromatic rings. The Balaban J connectivity index is 1.72. The van der Waals surface area contributed by atoms with E-state index >= 15 is 0 Å². The van der Waals surface area contributed by atoms with Gasteiger partial charge in [-0.3, -0.25) is 14.0 Å². The lowest BCUT2D eigenvalue weighted by molar-refractivity contribution is 0.0943. The molecular formula is C21H22N4O3. The Morgan fingerprint density at radius 1 is 1.14 bits per heavy atom. The van der Waals surface area contributed by atoms with Gasteiger partial charge >= 0.3 is 0 Å². The van der Waals surface area contributed by atoms with Gasteiger partial charge in [0.15, 0.2) is 5.69 Å². The van der Waals surface area contributed by atoms with Crippen LogP contribution in [-0.2, 0) is 6.42 Å². The molecule has 1 aromatic carbocycles. The Bertz CT molecular complexity index is 993. The summed E-state index contributed by atoms with van der Waals surface area (Å²) in [5.41, 5.74) is 1.87. The summed E-state index contributed by atoms with van der Waals surface area (Å²) >= 11 is 0. The third kappa shape index (κ3) is 4.20. The first kappa shape index (κ1) is 19.2. The minimum absolute atomic E-state index is 0.175. The molecule has 2 N–H and O–H groups in total. The maximum Gasteiger partial charge on any atom is 0.287 e. The van der Waals surface area contributed by atoms with Crippen molar-refractivity contribution in [1.29, 1.82) is 0 Å². The van der Waals surface area contributed by atoms with Crippen molar-refractivity contribution in [2.24, 2.45) is 0 Å². The summed E-state index contributed by atoms with van der Waals surface area (Å²) in [7, 11) is 1.62. The van der Waals surface area contributed by atoms with Gasteiger partial charge in [0.2, 0.25) is 5.82 Å². The van der Waals surface area contributed by atoms with Crippen molar-refractivity contribution in [1.82, 2.24) is 20.0 Å². The van der Waals surface area contributed by atoms with Crippen LogP contribution in [0.15, 0.2) is 61.3 Å². The van der Waals surface area contributed by atoms with Crippen LogP contribution in [0.25, 0.3) is 5.52 Å². The molecule has 0 atom stereocenters. The topological polar surface area (TPSA) is 84.7 Å². The maximum absolute atomic E-state index is 12.6. The van der Waals surface area contributed by atoms with Crippen LogP contribution in [0.5, 0.6) is 5.75 Å². The number of ether oxygens (including phenoxy) is 1. The summed E-state index contributed by atoms with van der Waals surface area (Å²) in [5, 5.41) is 5.55. The lowest BCUT2D eigenvalue weighted by Crippen LogP contribution is -2.28. The van der Waals surface area contributed by atoms with Crippen molar-refractivity contribution in [3.05, 3.63) is 78.4 Å². The molecule has 7 heteroatoms. The fourth-order valence-corrected chi connectivity index (χ4v) is 2.81. The van der Waals surface area contributed by atoms with Crippen LogP contribution in [0.2, 0.25) is 0 Å². The van der Waals surface area contributed by atoms with Crippen LogP contribution < -0.4 is 15.4 Å². The van der Waals surface area contributed by atoms with Crippen LogP contribution in [0.4, 0.5) is 0 Å². The highest BCUT2D eigenvalue weighted by Gasteiger charge is 2.20. The zero-order valence-electron chi connectivity index (χ0n) is 15.6. The standard InChI is InChI=1S/C21H22N4O3/c1-3-12-22-20(26)18-17-6-4-5-14-25(17)19(24-18)21(27)23-13-11-15-7-9-16(28-2)10-8-15/h3-10,14H,1,11-13H2,2H3,(H,22,26)(H,23,27). The van der Waals surface area contributed by atoms with E-state index in [1.165, 1.54) is 0 Å². The van der Waals surface area contributed by atoms with E-state index in [4.69, 9.17) is 4.74 Å². The zero-order chi connectivity index (χ0) is 19.9. The van der Waals surface area contributed by atoms with Crippen LogP contribution >= 0.6 is 0 Å². The molecular weight excluding hydrogens is 356 g/mol. The smallest absolute Gasteiger partial charge is 0.287 e. The van der Waals surface area contributed by atoms with Crippen LogP contribution in [-0.4, -0.2) is 41.4 Å². The number of hydrogen-bond acceptors (Lipinski definition) is 4. The highest BCUT2D eigenvalue weighted by atomic mass is 16.5. The SMILES string of the molecule is C=CCNC(=O)c1nc(C(=O)NCCc2ccc(OC)cc2)n2ccccc12. The number of methoxy groups -OCH3 is 1. The molecule has 0 radical (unpaired) electrons. The molecule has 0 spiro atoms. The Kier molecular flexibility index (Phi) is 6.06. The number of fused-ring (bicyclic) bond motifs is 1. The van der Waals surface area contributed by atoms with Crippen molar-refractivity contribution < 1.29 is 14.3 Å². The predicted molar refractivity (Wildman–Crippen MR) is 107 cm³/mol. The largest absolute Gasteiger partial charge is 0.497 e. The number of nitrogens with zero attached hydrogens (tertiary/aromatic N) is 2. The quantitative estimate of drug-likeness (QED) is 0.589. The molecule has 2 heterocycles. The van der Waals surface area contributed by atoms with Gasteiger partial charge < -0.3 is 15.4 Å². The van der Waals surface area contributed by atoms with Gasteiger partial charge in [-0.25, -0.2) is 4.98 Å². The number of amides is 2. The highest BCUT2D eigenvalue weighted by molar-refractivity contribution is 6.02. The van der Waals surface area contributed by atoms with Gasteiger partial charge in [0.25, 0.3) is 11.8 Å². The molecule has 2 aromatic heterocycles. The first-order valence-corrected chi connectivity index (χ1v) is 8.91. The average Bonchev–Trinajstić information content (AvgIpc) is 3.12. The Morgan fingerprint density at radius 2 is 1.93 bits per heavy atom. The lowest BCUT2D eigenvalue weighted by atomic mass is 10.1. The van der Waals surface area contributed by atoms with E-state index in [9.17, 15) is 9.59 Å². The predicted octanol–water partition coefficient (Wildman–Crippen LogP) is 2.23. The summed E-state index contributed by atoms with van der Waals surface area (Å²) in [5.74, 6) is 0.284. The van der Waals surface area contributed by atoms with E-state index in [0.717, 1.165) is 11.3 Å². The molecule has 0 fully saturated rings. The van der Waals surface area contributed by atoms with Crippen molar-refractivity contribution in [2.45, 2.75) is 6.42 Å². The molecule has 0 bridgehead atoms. The summed E-state index contributed by atoms with van der Waals surface area (Å²) in [6.45, 7) is 4.36. The van der Waals surface area contributed by atoms with Crippen molar-refractivity contribution >= 4 is 17.3 Å². The number of imidazole rings is 1. The second-order valence-corrected chi connectivity index (χ2v) is 6.09. The fraction of sp³-hybridized carbons (Fsp3) is 0.190. The van der Waals surface area contributed by atoms with E-state index in [1.54, 1.807) is 42.0 Å². The van der Waals surface area contributed by atoms with Gasteiger partial charge in [0, 0.05) is 19.3 Å². The number of hydrogen-bond donors (Lipinski definition) is 2. The molecule has 3 rings (SSSR count). The molecule has 28 heavy (non-hydrogen) atoms. The van der Waals surface area contributed by atoms with Crippen LogP contribution in [0.1, 0.15) is 26.7 Å². The molecule has 0 unspecified atom stereocenters. The van der Waals surface area contributed by atoms with Gasteiger partial charge in [-0.15, -0.1) is 6.58 Å². The summed E-state index contributed by atoms with van der Waals surface area (Å²) in [4.78, 5) is 29.2. The van der Waals surface area contributed by atoms with E-state index in [0.29, 0.717) is 25.0 Å². The zero-order valence-corrected chi connectivity index (χ0v) is 15.6. The van der Waals surface area contributed by atoms with E-state index in [2.05, 4.69) is 22.2 Å². The fourth-order valence-electron chi connectivity index (χ4n) is 2.81. The number of pyridine rings is 1. The van der Waals surface area contributed by atoms with E-state index in [1.807, 2.05) is 24.3 Å². The molecule has 0 aliphatic rings. The van der Waals surface area contributed by atoms with E-state index < -0.39 is 0 Å². The molecule has 0 aliphatic heterocycles. The van der Waals surface area contributed by atoms with E-state index in [-0.39, 0.29) is 23.3 Å². The highest BCUT2D eigenvalue weighted by Crippen LogP contribution is 2.14. The van der Waals surface area contributed by atoms with Crippen LogP contribution in [0.3, 0.4) is 0 Å². The Labute approximate surface area is 163 Å². The number of nitrogens with one attached hydrogen (secondary N) is 2. The van der Waals surface area contributed by atoms with Crippen molar-refractivity contribution in [2.75, 3.05) is 20.2 Å². The number of aromatic nitrogens is 2. The molecule has 2 amide bonds. The average molecular weight is 378 g/mol. The summed E-state index contributed by atoms with van der Waals surface area (Å²) < 4.78 is 6.75. The molecule has 0 saturated heterocycles. The molecule has 0 saturated carbocycles. The third-order valence-corrected chi connectivity index (χ3v) is 4.23. The minimum atomic E-state index is -0.346. The van der Waals surface area contributed by atoms with Crippen molar-refractivity contribution in [3.63, 3.8) is 0 Å². The van der Waals surface area contributed by atoms with Gasteiger partial charge in [-0.2, -0.15) is 0 Å². The molecule has 0 aliphatic carbocycles. The normalized spacial score (nSPS) is 10.5. The number of carbonyl (C=O) groups excluding carboxylic acids is 2. The summed E-state index contributed by atoms with van der Waals surface area (Å²) in [6.07, 6.45) is 3.97. The summed E-state index contributed by atoms with van der Waals surface area (Å²) in [6, 6.07) is 13.0. The van der Waals surface area contributed by atoms with Gasteiger partial charge in [-0.05, 0) is 36.2 Å². The van der Waals surface area contributed by atoms with Gasteiger partial charge in [0.1, 0.15) is 5.75 Å². The van der Waals surface area contributed by atoms with Gasteiger partial charge in [0.05, 0.1) is 12.6 Å². The van der Waals surface area contributed by atoms with Crippen LogP contribution in [0, 0.1) is 0 Å². The maximum atomic E-state index is 12.6. The first-order valence-electron chi connectivity index (χ1n) is 8.91. The third-order valence-electron chi connectivity index (χ3n) is 4.23. The van der Waals surface area contributed by atoms with Crippen molar-refractivity contribution in [3.8, 4) is 5.75 Å². The monoisotopic (exact) mass is 378 g/mol. The molecule has 144 valence electrons. The second-order valence-electron chi connectivity index (χ2n) is 6.09. The Hall–Kier alpha value is -3.61. The number of benzene rings is 1. The second kappa shape index (κ2) is 8.85. The number of carbonyl (C=O) groups is 2. The van der Waals surface area contributed by atoms with Gasteiger partial charge in [-0.1, -0.05) is 24.3 Å². The number of rotatable bonds is 8. The minimum Gasteiger partial charge on any atom is -0.497 e.